The van der Waals surface area contributed by atoms with E-state index < -0.39 is 5.91 Å². The molecule has 1 aliphatic rings. The molecule has 1 heterocycles. The van der Waals surface area contributed by atoms with E-state index >= 15 is 0 Å². The van der Waals surface area contributed by atoms with Crippen molar-refractivity contribution in [3.63, 3.8) is 0 Å². The van der Waals surface area contributed by atoms with Crippen LogP contribution >= 0.6 is 0 Å². The van der Waals surface area contributed by atoms with E-state index in [1.54, 1.807) is 24.3 Å². The summed E-state index contributed by atoms with van der Waals surface area (Å²) in [5.74, 6) is -0.575. The van der Waals surface area contributed by atoms with Crippen LogP contribution in [0.25, 0.3) is 0 Å². The van der Waals surface area contributed by atoms with E-state index in [0.29, 0.717) is 18.3 Å². The molecule has 0 bridgehead atoms. The molecule has 0 spiro atoms. The lowest BCUT2D eigenvalue weighted by Crippen LogP contribution is -2.32. The fourth-order valence-corrected chi connectivity index (χ4v) is 2.49. The van der Waals surface area contributed by atoms with Gasteiger partial charge in [-0.2, -0.15) is 0 Å². The third kappa shape index (κ3) is 3.76. The first-order valence-corrected chi connectivity index (χ1v) is 7.04. The summed E-state index contributed by atoms with van der Waals surface area (Å²) in [6.45, 7) is 3.34. The molecule has 21 heavy (non-hydrogen) atoms. The van der Waals surface area contributed by atoms with E-state index in [1.165, 1.54) is 0 Å². The monoisotopic (exact) mass is 290 g/mol. The average molecular weight is 290 g/mol. The molecule has 2 N–H and O–H groups in total. The van der Waals surface area contributed by atoms with Crippen LogP contribution in [0.2, 0.25) is 0 Å². The number of benzene rings is 1. The summed E-state index contributed by atoms with van der Waals surface area (Å²) in [6.07, 6.45) is 1.28. The molecule has 1 aromatic carbocycles. The smallest absolute Gasteiger partial charge is 0.252 e. The van der Waals surface area contributed by atoms with Crippen LogP contribution in [-0.4, -0.2) is 31.8 Å². The molecule has 0 aliphatic carbocycles. The molecule has 1 amide bonds. The van der Waals surface area contributed by atoms with Crippen molar-refractivity contribution in [1.29, 1.82) is 0 Å². The van der Waals surface area contributed by atoms with Gasteiger partial charge in [-0.1, -0.05) is 25.1 Å². The van der Waals surface area contributed by atoms with Gasteiger partial charge in [-0.25, -0.2) is 4.39 Å². The van der Waals surface area contributed by atoms with Crippen LogP contribution in [0.1, 0.15) is 34.1 Å². The number of nitrogens with one attached hydrogen (secondary N) is 2. The molecule has 0 aromatic heterocycles. The Balaban J connectivity index is 2.03. The Morgan fingerprint density at radius 2 is 2.24 bits per heavy atom. The quantitative estimate of drug-likeness (QED) is 0.835. The largest absolute Gasteiger partial charge is 0.346 e. The van der Waals surface area contributed by atoms with Gasteiger partial charge < -0.3 is 10.6 Å². The number of amides is 1. The van der Waals surface area contributed by atoms with E-state index in [2.05, 4.69) is 10.6 Å². The van der Waals surface area contributed by atoms with Crippen LogP contribution in [0.5, 0.6) is 0 Å². The summed E-state index contributed by atoms with van der Waals surface area (Å²) in [5, 5.41) is 5.74. The Kier molecular flexibility index (Phi) is 5.22. The predicted octanol–water partition coefficient (Wildman–Crippen LogP) is 2.08. The predicted molar refractivity (Wildman–Crippen MR) is 78.9 cm³/mol. The lowest BCUT2D eigenvalue weighted by molar-refractivity contribution is 0.0949. The van der Waals surface area contributed by atoms with Gasteiger partial charge in [0.25, 0.3) is 5.91 Å². The molecule has 4 nitrogen and oxygen atoms in total. The zero-order chi connectivity index (χ0) is 15.2. The van der Waals surface area contributed by atoms with E-state index in [-0.39, 0.29) is 23.9 Å². The molecule has 1 saturated heterocycles. The second-order valence-corrected chi connectivity index (χ2v) is 5.17. The fourth-order valence-electron chi connectivity index (χ4n) is 2.49. The number of aldehydes is 1. The normalized spacial score (nSPS) is 20.8. The van der Waals surface area contributed by atoms with E-state index in [4.69, 9.17) is 0 Å². The number of hydrogen-bond donors (Lipinski definition) is 2. The van der Waals surface area contributed by atoms with Crippen LogP contribution in [0, 0.1) is 5.92 Å². The number of hydrogen-bond acceptors (Lipinski definition) is 3. The molecule has 1 fully saturated rings. The highest BCUT2D eigenvalue weighted by Gasteiger charge is 2.19. The number of carbonyl (C=O) groups excluding carboxylic acids is 2. The lowest BCUT2D eigenvalue weighted by atomic mass is 9.94. The van der Waals surface area contributed by atoms with Crippen LogP contribution in [0.15, 0.2) is 35.7 Å². The molecule has 5 heteroatoms. The van der Waals surface area contributed by atoms with Crippen molar-refractivity contribution >= 4 is 12.2 Å². The SMILES string of the molecule is CC1CNCC/C1=C(/F)CNC(=O)c1ccccc1C=O. The molecule has 1 aromatic rings. The number of halogens is 1. The van der Waals surface area contributed by atoms with Crippen LogP contribution in [0.4, 0.5) is 4.39 Å². The minimum Gasteiger partial charge on any atom is -0.346 e. The third-order valence-corrected chi connectivity index (χ3v) is 3.70. The maximum atomic E-state index is 14.2. The summed E-state index contributed by atoms with van der Waals surface area (Å²) in [7, 11) is 0. The number of carbonyl (C=O) groups is 2. The lowest BCUT2D eigenvalue weighted by Gasteiger charge is -2.23. The highest BCUT2D eigenvalue weighted by atomic mass is 19.1. The first-order chi connectivity index (χ1) is 10.1. The Bertz CT molecular complexity index is 569. The summed E-state index contributed by atoms with van der Waals surface area (Å²) in [6, 6.07) is 6.47. The van der Waals surface area contributed by atoms with Crippen molar-refractivity contribution in [3.05, 3.63) is 46.8 Å². The molecule has 0 saturated carbocycles. The van der Waals surface area contributed by atoms with Gasteiger partial charge in [0, 0.05) is 17.7 Å². The highest BCUT2D eigenvalue weighted by molar-refractivity contribution is 6.01. The van der Waals surface area contributed by atoms with Crippen LogP contribution in [-0.2, 0) is 0 Å². The third-order valence-electron chi connectivity index (χ3n) is 3.70. The second kappa shape index (κ2) is 7.13. The zero-order valence-electron chi connectivity index (χ0n) is 12.0. The van der Waals surface area contributed by atoms with E-state index in [0.717, 1.165) is 18.7 Å². The van der Waals surface area contributed by atoms with Crippen molar-refractivity contribution in [3.8, 4) is 0 Å². The van der Waals surface area contributed by atoms with Gasteiger partial charge in [-0.15, -0.1) is 0 Å². The molecule has 112 valence electrons. The van der Waals surface area contributed by atoms with Gasteiger partial charge in [0.15, 0.2) is 6.29 Å². The second-order valence-electron chi connectivity index (χ2n) is 5.17. The maximum Gasteiger partial charge on any atom is 0.252 e. The first kappa shape index (κ1) is 15.4. The molecular weight excluding hydrogens is 271 g/mol. The van der Waals surface area contributed by atoms with Gasteiger partial charge in [0.05, 0.1) is 6.54 Å². The molecule has 1 aliphatic heterocycles. The van der Waals surface area contributed by atoms with Crippen molar-refractivity contribution in [2.45, 2.75) is 13.3 Å². The number of piperidine rings is 1. The van der Waals surface area contributed by atoms with E-state index in [9.17, 15) is 14.0 Å². The van der Waals surface area contributed by atoms with Gasteiger partial charge in [-0.05, 0) is 30.5 Å². The topological polar surface area (TPSA) is 58.2 Å². The van der Waals surface area contributed by atoms with Crippen molar-refractivity contribution in [1.82, 2.24) is 10.6 Å². The minimum absolute atomic E-state index is 0.133. The first-order valence-electron chi connectivity index (χ1n) is 7.04. The summed E-state index contributed by atoms with van der Waals surface area (Å²) < 4.78 is 14.2. The van der Waals surface area contributed by atoms with Gasteiger partial charge in [0.1, 0.15) is 5.83 Å². The summed E-state index contributed by atoms with van der Waals surface area (Å²) >= 11 is 0. The molecule has 0 radical (unpaired) electrons. The summed E-state index contributed by atoms with van der Waals surface area (Å²) in [5.41, 5.74) is 1.33. The molecular formula is C16H19FN2O2. The molecule has 1 unspecified atom stereocenters. The Hall–Kier alpha value is -2.01. The fraction of sp³-hybridized carbons (Fsp3) is 0.375. The van der Waals surface area contributed by atoms with Crippen LogP contribution < -0.4 is 10.6 Å². The maximum absolute atomic E-state index is 14.2. The van der Waals surface area contributed by atoms with Gasteiger partial charge in [0.2, 0.25) is 0 Å². The number of rotatable bonds is 4. The van der Waals surface area contributed by atoms with Crippen molar-refractivity contribution in [2.24, 2.45) is 5.92 Å². The van der Waals surface area contributed by atoms with Gasteiger partial charge >= 0.3 is 0 Å². The van der Waals surface area contributed by atoms with Crippen LogP contribution in [0.3, 0.4) is 0 Å². The Morgan fingerprint density at radius 3 is 2.95 bits per heavy atom. The minimum atomic E-state index is -0.435. The summed E-state index contributed by atoms with van der Waals surface area (Å²) in [4.78, 5) is 22.9. The zero-order valence-corrected chi connectivity index (χ0v) is 12.0. The van der Waals surface area contributed by atoms with Crippen molar-refractivity contribution < 1.29 is 14.0 Å². The average Bonchev–Trinajstić information content (AvgIpc) is 2.52. The van der Waals surface area contributed by atoms with Crippen molar-refractivity contribution in [2.75, 3.05) is 19.6 Å². The Morgan fingerprint density at radius 1 is 1.48 bits per heavy atom. The molecule has 2 rings (SSSR count). The van der Waals surface area contributed by atoms with E-state index in [1.807, 2.05) is 6.92 Å². The Labute approximate surface area is 123 Å². The van der Waals surface area contributed by atoms with Gasteiger partial charge in [-0.3, -0.25) is 9.59 Å². The molecule has 1 atom stereocenters. The highest BCUT2D eigenvalue weighted by Crippen LogP contribution is 2.22. The standard InChI is InChI=1S/C16H19FN2O2/c1-11-8-18-7-6-13(11)15(17)9-19-16(21)14-5-3-2-4-12(14)10-20/h2-5,10-11,18H,6-9H2,1H3,(H,19,21)/b15-13-.